The number of alkyl halides is 3. The summed E-state index contributed by atoms with van der Waals surface area (Å²) < 4.78 is 89.7. The van der Waals surface area contributed by atoms with E-state index < -0.39 is 150 Å². The lowest BCUT2D eigenvalue weighted by atomic mass is 9.43. The minimum atomic E-state index is -5.13. The van der Waals surface area contributed by atoms with Gasteiger partial charge in [-0.25, -0.2) is 14.4 Å². The van der Waals surface area contributed by atoms with Crippen LogP contribution in [-0.2, 0) is 52.0 Å². The quantitative estimate of drug-likeness (QED) is 0.0683. The Balaban J connectivity index is 1.63. The molecule has 11 atom stereocenters. The van der Waals surface area contributed by atoms with E-state index in [4.69, 9.17) is 32.8 Å². The summed E-state index contributed by atoms with van der Waals surface area (Å²) in [6.07, 6.45) is -11.4. The van der Waals surface area contributed by atoms with Crippen LogP contribution in [0.3, 0.4) is 0 Å². The third-order valence-electron chi connectivity index (χ3n) is 16.9. The van der Waals surface area contributed by atoms with Crippen LogP contribution in [0.15, 0.2) is 47.1 Å². The van der Waals surface area contributed by atoms with Crippen molar-refractivity contribution in [3.63, 3.8) is 0 Å². The molecule has 20 heteroatoms. The number of alkyl carbamates (subject to hydrolysis) is 1. The van der Waals surface area contributed by atoms with Crippen molar-refractivity contribution in [1.82, 2.24) is 5.32 Å². The van der Waals surface area contributed by atoms with Crippen LogP contribution in [0, 0.1) is 28.6 Å². The minimum Gasteiger partial charge on any atom is -0.456 e. The monoisotopic (exact) mass is 1090 g/mol. The number of nitrogens with one attached hydrogen (secondary N) is 1. The van der Waals surface area contributed by atoms with Crippen molar-refractivity contribution < 1.29 is 84.6 Å². The number of allylic oxidation sites excluding steroid dienone is 1. The van der Waals surface area contributed by atoms with Gasteiger partial charge in [0.25, 0.3) is 0 Å². The molecule has 4 aliphatic carbocycles. The SMILES string of the molecule is CC(=O)O[C@@]12CO[C@@H]1C[C@H](C)[C@@]1(C)C(=O)[C@H](OC(=O)C3CC3)C3=C(C)[C@@H](OC(=O)[C@H](O[Si](C(C)C)(C(C)C)C(C)C)[C@H](C=C(C)C)NC(=O)OC(C)(C)C)C[C@@](O)([C@@H](OC(=O)c4cccc(OC(F)(F)F)c4)[C@H]21)C3(C)C. The Morgan fingerprint density at radius 1 is 0.921 bits per heavy atom. The predicted octanol–water partition coefficient (Wildman–Crippen LogP) is 10.2. The van der Waals surface area contributed by atoms with Gasteiger partial charge < -0.3 is 48.0 Å². The molecule has 1 aromatic carbocycles. The van der Waals surface area contributed by atoms with Gasteiger partial charge in [0.1, 0.15) is 35.3 Å². The molecular weight excluding hydrogens is 1010 g/mol. The van der Waals surface area contributed by atoms with E-state index >= 15 is 9.59 Å². The first-order chi connectivity index (χ1) is 34.9. The van der Waals surface area contributed by atoms with E-state index in [1.165, 1.54) is 6.07 Å². The Morgan fingerprint density at radius 2 is 1.53 bits per heavy atom. The summed E-state index contributed by atoms with van der Waals surface area (Å²) in [5, 5.41) is 17.1. The first-order valence-electron chi connectivity index (χ1n) is 26.5. The van der Waals surface area contributed by atoms with Crippen LogP contribution < -0.4 is 10.1 Å². The molecule has 0 aromatic heterocycles. The standard InChI is InChI=1S/C56H80F3NO15Si/c1-28(2)23-38(60-50(66)74-51(12,13)14)42(75-76(29(3)4,30(5)6)31(7)8)49(65)69-39-26-55(67)46(71-48(64)36-19-18-20-37(25-36)73-56(57,58)59)44-53(17,32(9)24-40-54(44,27-68-40)72-34(11)61)45(62)43(70-47(63)35-21-22-35)41(33(39)10)52(55,15)16/h18-20,23,25,29-32,35,38-40,42-44,46,67H,21-22,24,26-27H2,1-17H3,(H,60,66)/t32-,38-,39-,40+,42+,43+,44-,46-,53+,54-,55+/m0/s1. The number of hydrogen-bond donors (Lipinski definition) is 2. The smallest absolute Gasteiger partial charge is 0.456 e. The van der Waals surface area contributed by atoms with Crippen LogP contribution in [-0.4, -0.2) is 116 Å². The molecule has 1 saturated heterocycles. The molecule has 0 radical (unpaired) electrons. The normalized spacial score (nSPS) is 30.1. The van der Waals surface area contributed by atoms with Gasteiger partial charge in [-0.2, -0.15) is 0 Å². The zero-order valence-electron chi connectivity index (χ0n) is 47.1. The maximum absolute atomic E-state index is 16.2. The van der Waals surface area contributed by atoms with Gasteiger partial charge in [0.2, 0.25) is 8.32 Å². The van der Waals surface area contributed by atoms with Crippen molar-refractivity contribution >= 4 is 44.1 Å². The molecule has 3 saturated carbocycles. The Morgan fingerprint density at radius 3 is 2.03 bits per heavy atom. The zero-order valence-corrected chi connectivity index (χ0v) is 48.1. The highest BCUT2D eigenvalue weighted by molar-refractivity contribution is 6.77. The van der Waals surface area contributed by atoms with Crippen molar-refractivity contribution in [1.29, 1.82) is 0 Å². The topological polar surface area (TPSA) is 209 Å². The second-order valence-electron chi connectivity index (χ2n) is 24.7. The number of halogens is 3. The summed E-state index contributed by atoms with van der Waals surface area (Å²) in [6, 6.07) is 2.94. The van der Waals surface area contributed by atoms with E-state index in [9.17, 15) is 37.5 Å². The van der Waals surface area contributed by atoms with Crippen LogP contribution in [0.2, 0.25) is 16.6 Å². The van der Waals surface area contributed by atoms with Gasteiger partial charge in [0.15, 0.2) is 23.6 Å². The number of fused-ring (bicyclic) bond motifs is 5. The first-order valence-corrected chi connectivity index (χ1v) is 28.6. The van der Waals surface area contributed by atoms with Crippen LogP contribution >= 0.6 is 0 Å². The summed E-state index contributed by atoms with van der Waals surface area (Å²) >= 11 is 0. The van der Waals surface area contributed by atoms with Crippen molar-refractivity contribution in [2.45, 2.75) is 220 Å². The molecule has 1 aliphatic heterocycles. The molecule has 16 nitrogen and oxygen atoms in total. The highest BCUT2D eigenvalue weighted by Crippen LogP contribution is 2.66. The molecular formula is C56H80F3NO15Si. The first kappa shape index (κ1) is 60.4. The largest absolute Gasteiger partial charge is 0.573 e. The van der Waals surface area contributed by atoms with Crippen LogP contribution in [0.5, 0.6) is 5.75 Å². The predicted molar refractivity (Wildman–Crippen MR) is 274 cm³/mol. The Bertz CT molecular complexity index is 2470. The van der Waals surface area contributed by atoms with E-state index in [1.54, 1.807) is 75.3 Å². The van der Waals surface area contributed by atoms with E-state index in [2.05, 4.69) is 10.1 Å². The average molecular weight is 1090 g/mol. The van der Waals surface area contributed by atoms with Crippen LogP contribution in [0.1, 0.15) is 154 Å². The summed E-state index contributed by atoms with van der Waals surface area (Å²) in [5.74, 6) is -7.86. The third kappa shape index (κ3) is 11.4. The van der Waals surface area contributed by atoms with Crippen molar-refractivity contribution in [3.8, 4) is 5.75 Å². The Labute approximate surface area is 445 Å². The van der Waals surface area contributed by atoms with Crippen molar-refractivity contribution in [2.24, 2.45) is 28.6 Å². The molecule has 76 heavy (non-hydrogen) atoms. The molecule has 6 rings (SSSR count). The lowest BCUT2D eigenvalue weighted by Gasteiger charge is -2.68. The maximum Gasteiger partial charge on any atom is 0.573 e. The Kier molecular flexibility index (Phi) is 17.1. The fourth-order valence-corrected chi connectivity index (χ4v) is 18.5. The van der Waals surface area contributed by atoms with E-state index in [0.717, 1.165) is 25.1 Å². The molecule has 5 aliphatic rings. The number of rotatable bonds is 16. The number of ether oxygens (including phenoxy) is 7. The highest BCUT2D eigenvalue weighted by atomic mass is 28.4. The molecule has 0 unspecified atom stereocenters. The van der Waals surface area contributed by atoms with Gasteiger partial charge in [-0.15, -0.1) is 13.2 Å². The van der Waals surface area contributed by atoms with E-state index in [-0.39, 0.29) is 40.8 Å². The van der Waals surface area contributed by atoms with E-state index in [0.29, 0.717) is 18.4 Å². The lowest BCUT2D eigenvalue weighted by molar-refractivity contribution is -0.340. The lowest BCUT2D eigenvalue weighted by Crippen LogP contribution is -2.81. The maximum atomic E-state index is 16.2. The third-order valence-corrected chi connectivity index (χ3v) is 22.9. The molecule has 4 fully saturated rings. The number of Topliss-reactive ketones (excluding diaryl/α,β-unsaturated/α-hetero) is 1. The van der Waals surface area contributed by atoms with Crippen molar-refractivity contribution in [2.75, 3.05) is 6.61 Å². The summed E-state index contributed by atoms with van der Waals surface area (Å²) in [7, 11) is -3.08. The number of amides is 1. The van der Waals surface area contributed by atoms with E-state index in [1.807, 2.05) is 41.5 Å². The molecule has 1 aromatic rings. The number of carbonyl (C=O) groups excluding carboxylic acids is 6. The molecule has 0 spiro atoms. The van der Waals surface area contributed by atoms with Gasteiger partial charge in [-0.05, 0) is 113 Å². The van der Waals surface area contributed by atoms with Gasteiger partial charge in [0.05, 0.1) is 30.0 Å². The summed E-state index contributed by atoms with van der Waals surface area (Å²) in [4.78, 5) is 87.9. The van der Waals surface area contributed by atoms with Gasteiger partial charge in [-0.1, -0.05) is 87.0 Å². The fraction of sp³-hybridized carbons (Fsp3) is 0.714. The average Bonchev–Trinajstić information content (AvgIpc) is 4.12. The summed E-state index contributed by atoms with van der Waals surface area (Å²) in [6.45, 7) is 29.7. The molecule has 424 valence electrons. The molecule has 2 bridgehead atoms. The van der Waals surface area contributed by atoms with Crippen LogP contribution in [0.4, 0.5) is 18.0 Å². The summed E-state index contributed by atoms with van der Waals surface area (Å²) in [5.41, 5.74) is -8.43. The van der Waals surface area contributed by atoms with Gasteiger partial charge in [0, 0.05) is 24.2 Å². The highest BCUT2D eigenvalue weighted by Gasteiger charge is 2.78. The van der Waals surface area contributed by atoms with Crippen LogP contribution in [0.25, 0.3) is 0 Å². The molecule has 1 amide bonds. The Hall–Kier alpha value is -4.79. The number of hydrogen-bond acceptors (Lipinski definition) is 15. The second kappa shape index (κ2) is 21.4. The molecule has 2 N–H and O–H groups in total. The fourth-order valence-electron chi connectivity index (χ4n) is 13.0. The van der Waals surface area contributed by atoms with Gasteiger partial charge >= 0.3 is 36.3 Å². The second-order valence-corrected chi connectivity index (χ2v) is 30.1. The number of aliphatic hydroxyl groups is 1. The number of carbonyl (C=O) groups is 6. The molecule has 1 heterocycles. The zero-order chi connectivity index (χ0) is 57.2. The number of ketones is 1. The minimum absolute atomic E-state index is 0.0560. The van der Waals surface area contributed by atoms with Crippen molar-refractivity contribution in [3.05, 3.63) is 52.6 Å². The number of esters is 4. The number of benzene rings is 1. The van der Waals surface area contributed by atoms with Gasteiger partial charge in [-0.3, -0.25) is 14.4 Å².